The van der Waals surface area contributed by atoms with Crippen LogP contribution in [0, 0.1) is 0 Å². The molecule has 2 N–H and O–H groups in total. The fourth-order valence-electron chi connectivity index (χ4n) is 1.97. The third-order valence-electron chi connectivity index (χ3n) is 2.92. The maximum Gasteiger partial charge on any atom is 0.107 e. The third-order valence-corrected chi connectivity index (χ3v) is 3.44. The van der Waals surface area contributed by atoms with Crippen LogP contribution in [-0.4, -0.2) is 45.5 Å². The van der Waals surface area contributed by atoms with Crippen molar-refractivity contribution in [3.8, 4) is 0 Å². The van der Waals surface area contributed by atoms with Crippen molar-refractivity contribution in [1.82, 2.24) is 0 Å². The van der Waals surface area contributed by atoms with Crippen LogP contribution in [0.2, 0.25) is 5.02 Å². The van der Waals surface area contributed by atoms with Crippen LogP contribution in [0.15, 0.2) is 18.2 Å². The molecule has 6 heteroatoms. The van der Waals surface area contributed by atoms with Crippen LogP contribution in [0.4, 0.5) is 5.69 Å². The van der Waals surface area contributed by atoms with Crippen molar-refractivity contribution in [2.75, 3.05) is 45.4 Å². The Labute approximate surface area is 130 Å². The van der Waals surface area contributed by atoms with Crippen molar-refractivity contribution < 1.29 is 9.47 Å². The topological polar surface area (TPSA) is 47.7 Å². The van der Waals surface area contributed by atoms with Gasteiger partial charge in [-0.2, -0.15) is 0 Å². The number of benzene rings is 1. The summed E-state index contributed by atoms with van der Waals surface area (Å²) in [6.45, 7) is 2.89. The Hall–Kier alpha value is -0.880. The van der Waals surface area contributed by atoms with E-state index in [1.807, 2.05) is 12.1 Å². The van der Waals surface area contributed by atoms with Crippen molar-refractivity contribution in [2.45, 2.75) is 6.42 Å². The first-order valence-corrected chi connectivity index (χ1v) is 7.21. The second-order valence-corrected chi connectivity index (χ2v) is 5.17. The van der Waals surface area contributed by atoms with E-state index in [1.165, 1.54) is 0 Å². The van der Waals surface area contributed by atoms with Crippen LogP contribution in [-0.2, 0) is 9.47 Å². The number of rotatable bonds is 9. The molecule has 0 atom stereocenters. The first-order valence-electron chi connectivity index (χ1n) is 6.43. The van der Waals surface area contributed by atoms with Crippen molar-refractivity contribution in [3.63, 3.8) is 0 Å². The van der Waals surface area contributed by atoms with Crippen LogP contribution in [0.3, 0.4) is 0 Å². The number of halogens is 1. The molecule has 0 aliphatic rings. The van der Waals surface area contributed by atoms with E-state index in [0.29, 0.717) is 23.2 Å². The standard InChI is InChI=1S/C14H21ClN2O2S/c1-18-9-4-7-17(8-10-19-2)12-6-3-5-11(15)13(12)14(16)20/h3,5-6H,4,7-10H2,1-2H3,(H2,16,20). The number of hydrogen-bond donors (Lipinski definition) is 1. The van der Waals surface area contributed by atoms with Gasteiger partial charge in [0.15, 0.2) is 0 Å². The lowest BCUT2D eigenvalue weighted by Gasteiger charge is -2.27. The van der Waals surface area contributed by atoms with Gasteiger partial charge >= 0.3 is 0 Å². The number of ether oxygens (including phenoxy) is 2. The van der Waals surface area contributed by atoms with E-state index in [1.54, 1.807) is 20.3 Å². The number of methoxy groups -OCH3 is 2. The van der Waals surface area contributed by atoms with Crippen LogP contribution >= 0.6 is 23.8 Å². The molecule has 0 fully saturated rings. The molecule has 0 saturated carbocycles. The van der Waals surface area contributed by atoms with Crippen molar-refractivity contribution in [2.24, 2.45) is 5.73 Å². The Balaban J connectivity index is 2.99. The van der Waals surface area contributed by atoms with E-state index in [9.17, 15) is 0 Å². The van der Waals surface area contributed by atoms with E-state index < -0.39 is 0 Å². The number of nitrogens with two attached hydrogens (primary N) is 1. The normalized spacial score (nSPS) is 10.6. The zero-order valence-electron chi connectivity index (χ0n) is 11.9. The fourth-order valence-corrected chi connectivity index (χ4v) is 2.52. The van der Waals surface area contributed by atoms with E-state index in [-0.39, 0.29) is 0 Å². The Bertz CT molecular complexity index is 443. The molecule has 0 heterocycles. The summed E-state index contributed by atoms with van der Waals surface area (Å²) in [6.07, 6.45) is 0.906. The number of anilines is 1. The minimum Gasteiger partial charge on any atom is -0.389 e. The largest absolute Gasteiger partial charge is 0.389 e. The van der Waals surface area contributed by atoms with E-state index in [4.69, 9.17) is 39.0 Å². The molecule has 112 valence electrons. The zero-order valence-corrected chi connectivity index (χ0v) is 13.5. The summed E-state index contributed by atoms with van der Waals surface area (Å²) in [5, 5.41) is 0.573. The summed E-state index contributed by atoms with van der Waals surface area (Å²) in [5.41, 5.74) is 7.46. The van der Waals surface area contributed by atoms with Gasteiger partial charge in [-0.25, -0.2) is 0 Å². The molecule has 0 spiro atoms. The first kappa shape index (κ1) is 17.2. The fraction of sp³-hybridized carbons (Fsp3) is 0.500. The van der Waals surface area contributed by atoms with Gasteiger partial charge in [0.25, 0.3) is 0 Å². The molecule has 1 aromatic carbocycles. The molecule has 0 aromatic heterocycles. The quantitative estimate of drug-likeness (QED) is 0.560. The third kappa shape index (κ3) is 4.90. The van der Waals surface area contributed by atoms with Crippen molar-refractivity contribution >= 4 is 34.5 Å². The second kappa shape index (κ2) is 9.13. The van der Waals surface area contributed by atoms with Gasteiger partial charge in [0.1, 0.15) is 4.99 Å². The lowest BCUT2D eigenvalue weighted by atomic mass is 10.1. The zero-order chi connectivity index (χ0) is 15.0. The van der Waals surface area contributed by atoms with Crippen LogP contribution in [0.5, 0.6) is 0 Å². The minimum absolute atomic E-state index is 0.305. The molecule has 0 radical (unpaired) electrons. The SMILES string of the molecule is COCCCN(CCOC)c1cccc(Cl)c1C(N)=S. The van der Waals surface area contributed by atoms with Gasteiger partial charge in [0, 0.05) is 39.6 Å². The maximum absolute atomic E-state index is 6.21. The minimum atomic E-state index is 0.305. The summed E-state index contributed by atoms with van der Waals surface area (Å²) >= 11 is 11.3. The monoisotopic (exact) mass is 316 g/mol. The van der Waals surface area contributed by atoms with Crippen molar-refractivity contribution in [1.29, 1.82) is 0 Å². The van der Waals surface area contributed by atoms with Gasteiger partial charge in [-0.05, 0) is 18.6 Å². The summed E-state index contributed by atoms with van der Waals surface area (Å²) in [7, 11) is 3.37. The molecule has 0 aliphatic carbocycles. The average Bonchev–Trinajstić information content (AvgIpc) is 2.42. The lowest BCUT2D eigenvalue weighted by molar-refractivity contribution is 0.191. The highest BCUT2D eigenvalue weighted by atomic mass is 35.5. The van der Waals surface area contributed by atoms with Crippen LogP contribution < -0.4 is 10.6 Å². The van der Waals surface area contributed by atoms with Gasteiger partial charge in [-0.1, -0.05) is 29.9 Å². The molecule has 0 saturated heterocycles. The molecule has 0 unspecified atom stereocenters. The Morgan fingerprint density at radius 3 is 2.55 bits per heavy atom. The predicted molar refractivity (Wildman–Crippen MR) is 87.9 cm³/mol. The van der Waals surface area contributed by atoms with E-state index >= 15 is 0 Å². The van der Waals surface area contributed by atoms with Gasteiger partial charge in [-0.15, -0.1) is 0 Å². The molecule has 4 nitrogen and oxygen atoms in total. The molecule has 1 aromatic rings. The Morgan fingerprint density at radius 1 is 1.25 bits per heavy atom. The van der Waals surface area contributed by atoms with Crippen LogP contribution in [0.1, 0.15) is 12.0 Å². The highest BCUT2D eigenvalue weighted by molar-refractivity contribution is 7.80. The maximum atomic E-state index is 6.21. The number of hydrogen-bond acceptors (Lipinski definition) is 4. The average molecular weight is 317 g/mol. The van der Waals surface area contributed by atoms with Gasteiger partial charge in [0.05, 0.1) is 17.2 Å². The highest BCUT2D eigenvalue weighted by Gasteiger charge is 2.15. The summed E-state index contributed by atoms with van der Waals surface area (Å²) in [4.78, 5) is 2.47. The number of thiocarbonyl (C=S) groups is 1. The van der Waals surface area contributed by atoms with Gasteiger partial charge in [0.2, 0.25) is 0 Å². The Morgan fingerprint density at radius 2 is 1.95 bits per heavy atom. The summed E-state index contributed by atoms with van der Waals surface area (Å²) in [5.74, 6) is 0. The number of nitrogens with zero attached hydrogens (tertiary/aromatic N) is 1. The van der Waals surface area contributed by atoms with Gasteiger partial charge in [-0.3, -0.25) is 0 Å². The van der Waals surface area contributed by atoms with Gasteiger partial charge < -0.3 is 20.1 Å². The molecule has 0 amide bonds. The smallest absolute Gasteiger partial charge is 0.107 e. The van der Waals surface area contributed by atoms with Crippen molar-refractivity contribution in [3.05, 3.63) is 28.8 Å². The molecular formula is C14H21ClN2O2S. The molecule has 0 bridgehead atoms. The molecule has 20 heavy (non-hydrogen) atoms. The van der Waals surface area contributed by atoms with E-state index in [0.717, 1.165) is 30.8 Å². The Kier molecular flexibility index (Phi) is 7.84. The first-order chi connectivity index (χ1) is 9.61. The second-order valence-electron chi connectivity index (χ2n) is 4.32. The predicted octanol–water partition coefficient (Wildman–Crippen LogP) is 2.46. The molecule has 1 rings (SSSR count). The summed E-state index contributed by atoms with van der Waals surface area (Å²) in [6, 6.07) is 5.67. The highest BCUT2D eigenvalue weighted by Crippen LogP contribution is 2.27. The summed E-state index contributed by atoms with van der Waals surface area (Å²) < 4.78 is 10.3. The molecule has 0 aliphatic heterocycles. The van der Waals surface area contributed by atoms with E-state index in [2.05, 4.69) is 4.90 Å². The molecular weight excluding hydrogens is 296 g/mol. The lowest BCUT2D eigenvalue weighted by Crippen LogP contribution is -2.31. The van der Waals surface area contributed by atoms with Crippen LogP contribution in [0.25, 0.3) is 0 Å².